The first-order chi connectivity index (χ1) is 11.9. The van der Waals surface area contributed by atoms with E-state index in [4.69, 9.17) is 9.47 Å². The highest BCUT2D eigenvalue weighted by atomic mass is 32.1. The number of hydrogen-bond donors (Lipinski definition) is 3. The SMILES string of the molecule is c1cc2c(cc1-c1csc(NNC3=[NH+]CCCCC3)n1)OCCO2. The van der Waals surface area contributed by atoms with Crippen molar-refractivity contribution in [1.29, 1.82) is 0 Å². The van der Waals surface area contributed by atoms with Gasteiger partial charge in [-0.05, 0) is 37.5 Å². The quantitative estimate of drug-likeness (QED) is 0.737. The van der Waals surface area contributed by atoms with E-state index in [1.165, 1.54) is 19.3 Å². The molecule has 0 radical (unpaired) electrons. The molecule has 3 N–H and O–H groups in total. The van der Waals surface area contributed by atoms with Gasteiger partial charge in [-0.2, -0.15) is 5.43 Å². The van der Waals surface area contributed by atoms with Crippen molar-refractivity contribution in [3.8, 4) is 22.8 Å². The molecule has 1 aromatic carbocycles. The van der Waals surface area contributed by atoms with Crippen molar-refractivity contribution in [2.75, 3.05) is 25.2 Å². The number of benzene rings is 1. The molecular formula is C17H21N4O2S+. The number of amidine groups is 1. The largest absolute Gasteiger partial charge is 0.486 e. The second-order valence-electron chi connectivity index (χ2n) is 5.86. The summed E-state index contributed by atoms with van der Waals surface area (Å²) < 4.78 is 11.2. The van der Waals surface area contributed by atoms with Gasteiger partial charge >= 0.3 is 0 Å². The van der Waals surface area contributed by atoms with E-state index in [1.807, 2.05) is 23.6 Å². The predicted molar refractivity (Wildman–Crippen MR) is 94.6 cm³/mol. The molecule has 0 spiro atoms. The van der Waals surface area contributed by atoms with Crippen LogP contribution in [0.2, 0.25) is 0 Å². The van der Waals surface area contributed by atoms with Crippen LogP contribution >= 0.6 is 11.3 Å². The maximum absolute atomic E-state index is 5.64. The molecule has 0 saturated heterocycles. The van der Waals surface area contributed by atoms with Crippen LogP contribution in [0, 0.1) is 0 Å². The third kappa shape index (κ3) is 3.46. The van der Waals surface area contributed by atoms with Crippen LogP contribution in [-0.4, -0.2) is 30.6 Å². The van der Waals surface area contributed by atoms with Gasteiger partial charge in [-0.1, -0.05) is 0 Å². The molecule has 0 saturated carbocycles. The monoisotopic (exact) mass is 345 g/mol. The predicted octanol–water partition coefficient (Wildman–Crippen LogP) is 1.55. The number of nitrogens with zero attached hydrogens (tertiary/aromatic N) is 1. The fourth-order valence-corrected chi connectivity index (χ4v) is 3.51. The van der Waals surface area contributed by atoms with Gasteiger partial charge in [0, 0.05) is 10.9 Å². The molecule has 4 rings (SSSR count). The van der Waals surface area contributed by atoms with Crippen molar-refractivity contribution < 1.29 is 14.5 Å². The summed E-state index contributed by atoms with van der Waals surface area (Å²) in [6.45, 7) is 2.23. The first-order valence-electron chi connectivity index (χ1n) is 8.36. The zero-order chi connectivity index (χ0) is 16.2. The van der Waals surface area contributed by atoms with Crippen LogP contribution in [0.4, 0.5) is 5.13 Å². The summed E-state index contributed by atoms with van der Waals surface area (Å²) in [5.41, 5.74) is 8.41. The van der Waals surface area contributed by atoms with Gasteiger partial charge in [-0.25, -0.2) is 10.4 Å². The number of fused-ring (bicyclic) bond motifs is 1. The number of aromatic nitrogens is 1. The molecular weight excluding hydrogens is 324 g/mol. The average molecular weight is 345 g/mol. The molecule has 2 aromatic rings. The van der Waals surface area contributed by atoms with Gasteiger partial charge in [-0.3, -0.25) is 4.99 Å². The van der Waals surface area contributed by atoms with Crippen molar-refractivity contribution in [2.24, 2.45) is 0 Å². The van der Waals surface area contributed by atoms with E-state index in [-0.39, 0.29) is 0 Å². The molecule has 7 heteroatoms. The number of nitrogens with one attached hydrogen (secondary N) is 3. The Morgan fingerprint density at radius 2 is 1.96 bits per heavy atom. The summed E-state index contributed by atoms with van der Waals surface area (Å²) in [5.74, 6) is 2.73. The molecule has 0 unspecified atom stereocenters. The lowest BCUT2D eigenvalue weighted by Gasteiger charge is -2.18. The molecule has 0 amide bonds. The maximum atomic E-state index is 5.64. The Balaban J connectivity index is 1.43. The van der Waals surface area contributed by atoms with Crippen LogP contribution in [0.1, 0.15) is 25.7 Å². The minimum absolute atomic E-state index is 0.593. The Morgan fingerprint density at radius 1 is 1.04 bits per heavy atom. The van der Waals surface area contributed by atoms with Gasteiger partial charge in [0.25, 0.3) is 5.84 Å². The highest BCUT2D eigenvalue weighted by Gasteiger charge is 2.15. The molecule has 24 heavy (non-hydrogen) atoms. The zero-order valence-electron chi connectivity index (χ0n) is 13.4. The number of anilines is 1. The summed E-state index contributed by atoms with van der Waals surface area (Å²) in [7, 11) is 0. The van der Waals surface area contributed by atoms with Crippen LogP contribution in [0.15, 0.2) is 23.6 Å². The van der Waals surface area contributed by atoms with E-state index in [0.717, 1.165) is 46.7 Å². The minimum Gasteiger partial charge on any atom is -0.486 e. The van der Waals surface area contributed by atoms with Crippen LogP contribution in [0.3, 0.4) is 0 Å². The zero-order valence-corrected chi connectivity index (χ0v) is 14.2. The number of thiazole rings is 1. The number of rotatable bonds is 3. The first kappa shape index (κ1) is 15.3. The topological polar surface area (TPSA) is 69.4 Å². The maximum Gasteiger partial charge on any atom is 0.265 e. The molecule has 3 heterocycles. The molecule has 1 aromatic heterocycles. The van der Waals surface area contributed by atoms with E-state index in [2.05, 4.69) is 20.8 Å². The molecule has 6 nitrogen and oxygen atoms in total. The Kier molecular flexibility index (Phi) is 4.51. The molecule has 0 aliphatic carbocycles. The first-order valence-corrected chi connectivity index (χ1v) is 9.24. The van der Waals surface area contributed by atoms with Gasteiger partial charge < -0.3 is 9.47 Å². The normalized spacial score (nSPS) is 16.9. The van der Waals surface area contributed by atoms with Gasteiger partial charge in [0.15, 0.2) is 11.5 Å². The Hall–Kier alpha value is -2.28. The molecule has 126 valence electrons. The lowest BCUT2D eigenvalue weighted by atomic mass is 10.1. The van der Waals surface area contributed by atoms with Crippen LogP contribution < -0.4 is 25.3 Å². The van der Waals surface area contributed by atoms with Crippen molar-refractivity contribution in [3.05, 3.63) is 23.6 Å². The van der Waals surface area contributed by atoms with E-state index >= 15 is 0 Å². The van der Waals surface area contributed by atoms with Gasteiger partial charge in [0.2, 0.25) is 5.13 Å². The number of ether oxygens (including phenoxy) is 2. The van der Waals surface area contributed by atoms with Crippen molar-refractivity contribution in [1.82, 2.24) is 10.4 Å². The van der Waals surface area contributed by atoms with E-state index < -0.39 is 0 Å². The third-order valence-electron chi connectivity index (χ3n) is 4.10. The molecule has 0 fully saturated rings. The molecule has 2 aliphatic rings. The van der Waals surface area contributed by atoms with Crippen LogP contribution in [-0.2, 0) is 0 Å². The summed E-state index contributed by atoms with van der Waals surface area (Å²) >= 11 is 1.58. The number of hydrogen-bond acceptors (Lipinski definition) is 6. The van der Waals surface area contributed by atoms with E-state index in [9.17, 15) is 0 Å². The van der Waals surface area contributed by atoms with Gasteiger partial charge in [0.1, 0.15) is 13.2 Å². The lowest BCUT2D eigenvalue weighted by molar-refractivity contribution is -0.459. The third-order valence-corrected chi connectivity index (χ3v) is 4.86. The van der Waals surface area contributed by atoms with Crippen molar-refractivity contribution in [3.63, 3.8) is 0 Å². The number of hydrazine groups is 1. The minimum atomic E-state index is 0.593. The second-order valence-corrected chi connectivity index (χ2v) is 6.72. The highest BCUT2D eigenvalue weighted by molar-refractivity contribution is 7.14. The lowest BCUT2D eigenvalue weighted by Crippen LogP contribution is -2.76. The van der Waals surface area contributed by atoms with Crippen molar-refractivity contribution in [2.45, 2.75) is 25.7 Å². The van der Waals surface area contributed by atoms with E-state index in [0.29, 0.717) is 13.2 Å². The standard InChI is InChI=1S/C17H20N4O2S/c1-2-4-16(18-7-3-1)20-21-17-19-13(11-24-17)12-5-6-14-15(10-12)23-9-8-22-14/h5-6,10-11H,1-4,7-9H2,(H,18,20)(H,19,21)/p+1. The van der Waals surface area contributed by atoms with Gasteiger partial charge in [-0.15, -0.1) is 11.3 Å². The summed E-state index contributed by atoms with van der Waals surface area (Å²) in [6, 6.07) is 5.95. The smallest absolute Gasteiger partial charge is 0.265 e. The Labute approximate surface area is 144 Å². The van der Waals surface area contributed by atoms with Gasteiger partial charge in [0.05, 0.1) is 18.7 Å². The molecule has 2 aliphatic heterocycles. The highest BCUT2D eigenvalue weighted by Crippen LogP contribution is 2.35. The Bertz CT molecular complexity index is 744. The average Bonchev–Trinajstić information content (AvgIpc) is 2.95. The van der Waals surface area contributed by atoms with Crippen molar-refractivity contribution >= 4 is 22.3 Å². The molecule has 0 bridgehead atoms. The Morgan fingerprint density at radius 3 is 2.92 bits per heavy atom. The summed E-state index contributed by atoms with van der Waals surface area (Å²) in [4.78, 5) is 8.06. The second kappa shape index (κ2) is 7.09. The summed E-state index contributed by atoms with van der Waals surface area (Å²) in [5, 5.41) is 2.89. The summed E-state index contributed by atoms with van der Waals surface area (Å²) in [6.07, 6.45) is 4.78. The van der Waals surface area contributed by atoms with E-state index in [1.54, 1.807) is 11.3 Å². The molecule has 0 atom stereocenters. The van der Waals surface area contributed by atoms with Crippen LogP contribution in [0.5, 0.6) is 11.5 Å². The van der Waals surface area contributed by atoms with Crippen LogP contribution in [0.25, 0.3) is 11.3 Å². The fraction of sp³-hybridized carbons (Fsp3) is 0.412. The fourth-order valence-electron chi connectivity index (χ4n) is 2.83.